The van der Waals surface area contributed by atoms with Crippen LogP contribution in [0.25, 0.3) is 10.8 Å². The molecule has 148 valence electrons. The summed E-state index contributed by atoms with van der Waals surface area (Å²) in [6, 6.07) is 10.3. The van der Waals surface area contributed by atoms with Crippen LogP contribution in [0.1, 0.15) is 40.0 Å². The first kappa shape index (κ1) is 19.0. The molecule has 0 fully saturated rings. The molecule has 0 atom stereocenters. The van der Waals surface area contributed by atoms with Gasteiger partial charge in [0.15, 0.2) is 0 Å². The van der Waals surface area contributed by atoms with Crippen molar-refractivity contribution >= 4 is 29.1 Å². The van der Waals surface area contributed by atoms with Crippen LogP contribution in [-0.2, 0) is 11.3 Å². The fraction of sp³-hybridized carbons (Fsp3) is 0.250. The van der Waals surface area contributed by atoms with Gasteiger partial charge in [-0.15, -0.1) is 21.5 Å². The maximum atomic E-state index is 12.9. The van der Waals surface area contributed by atoms with Crippen LogP contribution in [0.4, 0.5) is 0 Å². The Hall–Kier alpha value is -3.33. The highest BCUT2D eigenvalue weighted by molar-refractivity contribution is 7.13. The number of amides is 3. The molecule has 9 heteroatoms. The van der Waals surface area contributed by atoms with Gasteiger partial charge in [0.1, 0.15) is 6.54 Å². The Kier molecular flexibility index (Phi) is 5.22. The van der Waals surface area contributed by atoms with Crippen LogP contribution in [0.15, 0.2) is 46.2 Å². The van der Waals surface area contributed by atoms with E-state index in [0.717, 1.165) is 9.78 Å². The second kappa shape index (κ2) is 7.96. The number of carbonyl (C=O) groups excluding carboxylic acids is 3. The Balaban J connectivity index is 1.47. The highest BCUT2D eigenvalue weighted by Crippen LogP contribution is 2.24. The molecule has 3 heterocycles. The largest absolute Gasteiger partial charge is 0.418 e. The van der Waals surface area contributed by atoms with Gasteiger partial charge in [-0.1, -0.05) is 25.1 Å². The number of aromatic nitrogens is 2. The Morgan fingerprint density at radius 2 is 1.83 bits per heavy atom. The van der Waals surface area contributed by atoms with Crippen molar-refractivity contribution in [3.05, 3.63) is 58.8 Å². The molecule has 0 saturated carbocycles. The summed E-state index contributed by atoms with van der Waals surface area (Å²) in [6.45, 7) is 2.18. The van der Waals surface area contributed by atoms with E-state index in [-0.39, 0.29) is 19.0 Å². The fourth-order valence-corrected chi connectivity index (χ4v) is 3.80. The summed E-state index contributed by atoms with van der Waals surface area (Å²) in [6.07, 6.45) is 0.708. The first-order valence-corrected chi connectivity index (χ1v) is 10.1. The third kappa shape index (κ3) is 3.68. The molecule has 3 aromatic rings. The number of nitrogens with zero attached hydrogens (tertiary/aromatic N) is 4. The zero-order chi connectivity index (χ0) is 20.4. The van der Waals surface area contributed by atoms with Gasteiger partial charge in [0.2, 0.25) is 11.8 Å². The maximum Gasteiger partial charge on any atom is 0.262 e. The van der Waals surface area contributed by atoms with Crippen molar-refractivity contribution in [3.8, 4) is 10.8 Å². The molecule has 0 bridgehead atoms. The summed E-state index contributed by atoms with van der Waals surface area (Å²) in [5, 5.41) is 9.95. The number of rotatable bonds is 7. The molecule has 0 N–H and O–H groups in total. The molecule has 3 amide bonds. The molecular weight excluding hydrogens is 392 g/mol. The van der Waals surface area contributed by atoms with E-state index in [9.17, 15) is 14.4 Å². The molecule has 0 saturated heterocycles. The third-order valence-corrected chi connectivity index (χ3v) is 5.40. The average Bonchev–Trinajstić information content (AvgIpc) is 3.46. The predicted octanol–water partition coefficient (Wildman–Crippen LogP) is 2.83. The monoisotopic (exact) mass is 410 g/mol. The van der Waals surface area contributed by atoms with Crippen molar-refractivity contribution < 1.29 is 18.8 Å². The summed E-state index contributed by atoms with van der Waals surface area (Å²) in [7, 11) is 0. The molecule has 0 spiro atoms. The number of thiophene rings is 1. The minimum Gasteiger partial charge on any atom is -0.418 e. The summed E-state index contributed by atoms with van der Waals surface area (Å²) >= 11 is 1.48. The van der Waals surface area contributed by atoms with Crippen LogP contribution in [0.2, 0.25) is 0 Å². The highest BCUT2D eigenvalue weighted by atomic mass is 32.1. The lowest BCUT2D eigenvalue weighted by molar-refractivity contribution is -0.132. The second-order valence-corrected chi connectivity index (χ2v) is 7.48. The number of imide groups is 1. The minimum atomic E-state index is -0.451. The molecule has 0 unspecified atom stereocenters. The maximum absolute atomic E-state index is 12.9. The van der Waals surface area contributed by atoms with Crippen molar-refractivity contribution in [3.63, 3.8) is 0 Å². The van der Waals surface area contributed by atoms with Gasteiger partial charge in [-0.2, -0.15) is 0 Å². The van der Waals surface area contributed by atoms with E-state index < -0.39 is 11.8 Å². The lowest BCUT2D eigenvalue weighted by Gasteiger charge is -2.23. The lowest BCUT2D eigenvalue weighted by atomic mass is 10.1. The Morgan fingerprint density at radius 3 is 2.45 bits per heavy atom. The SMILES string of the molecule is CCCN(Cc1nnc(-c2cccs2)o1)C(=O)CN1C(=O)c2ccccc2C1=O. The van der Waals surface area contributed by atoms with Gasteiger partial charge < -0.3 is 9.32 Å². The van der Waals surface area contributed by atoms with Gasteiger partial charge in [-0.3, -0.25) is 19.3 Å². The molecule has 4 rings (SSSR count). The molecule has 29 heavy (non-hydrogen) atoms. The van der Waals surface area contributed by atoms with Gasteiger partial charge >= 0.3 is 0 Å². The van der Waals surface area contributed by atoms with E-state index in [0.29, 0.717) is 35.9 Å². The molecule has 1 aliphatic rings. The second-order valence-electron chi connectivity index (χ2n) is 6.54. The van der Waals surface area contributed by atoms with Crippen molar-refractivity contribution in [2.24, 2.45) is 0 Å². The van der Waals surface area contributed by atoms with Gasteiger partial charge in [0.25, 0.3) is 17.7 Å². The lowest BCUT2D eigenvalue weighted by Crippen LogP contribution is -2.42. The number of carbonyl (C=O) groups is 3. The predicted molar refractivity (Wildman–Crippen MR) is 105 cm³/mol. The summed E-state index contributed by atoms with van der Waals surface area (Å²) < 4.78 is 5.66. The van der Waals surface area contributed by atoms with Gasteiger partial charge in [-0.05, 0) is 30.0 Å². The Morgan fingerprint density at radius 1 is 1.10 bits per heavy atom. The van der Waals surface area contributed by atoms with Crippen LogP contribution in [0, 0.1) is 0 Å². The molecule has 0 aliphatic carbocycles. The van der Waals surface area contributed by atoms with Gasteiger partial charge in [-0.25, -0.2) is 0 Å². The van der Waals surface area contributed by atoms with Crippen molar-refractivity contribution in [1.82, 2.24) is 20.0 Å². The van der Waals surface area contributed by atoms with E-state index in [2.05, 4.69) is 10.2 Å². The molecule has 8 nitrogen and oxygen atoms in total. The molecule has 2 aromatic heterocycles. The number of fused-ring (bicyclic) bond motifs is 1. The van der Waals surface area contributed by atoms with Crippen LogP contribution < -0.4 is 0 Å². The summed E-state index contributed by atoms with van der Waals surface area (Å²) in [5.41, 5.74) is 0.648. The van der Waals surface area contributed by atoms with Crippen LogP contribution in [0.5, 0.6) is 0 Å². The fourth-order valence-electron chi connectivity index (χ4n) is 3.16. The van der Waals surface area contributed by atoms with Crippen molar-refractivity contribution in [2.75, 3.05) is 13.1 Å². The van der Waals surface area contributed by atoms with Crippen molar-refractivity contribution in [2.45, 2.75) is 19.9 Å². The van der Waals surface area contributed by atoms with Gasteiger partial charge in [0.05, 0.1) is 22.5 Å². The smallest absolute Gasteiger partial charge is 0.262 e. The average molecular weight is 410 g/mol. The zero-order valence-electron chi connectivity index (χ0n) is 15.7. The minimum absolute atomic E-state index is 0.119. The Labute approximate surface area is 170 Å². The summed E-state index contributed by atoms with van der Waals surface area (Å²) in [4.78, 5) is 41.2. The van der Waals surface area contributed by atoms with Crippen LogP contribution in [0.3, 0.4) is 0 Å². The van der Waals surface area contributed by atoms with E-state index in [4.69, 9.17) is 4.42 Å². The molecular formula is C20H18N4O4S. The standard InChI is InChI=1S/C20H18N4O4S/c1-2-9-23(11-16-21-22-18(28-16)15-8-5-10-29-15)17(25)12-24-19(26)13-6-3-4-7-14(13)20(24)27/h3-8,10H,2,9,11-12H2,1H3. The topological polar surface area (TPSA) is 96.6 Å². The number of benzene rings is 1. The molecule has 1 aliphatic heterocycles. The van der Waals surface area contributed by atoms with Crippen LogP contribution in [-0.4, -0.2) is 50.8 Å². The zero-order valence-corrected chi connectivity index (χ0v) is 16.5. The van der Waals surface area contributed by atoms with E-state index in [1.54, 1.807) is 24.3 Å². The quantitative estimate of drug-likeness (QED) is 0.556. The van der Waals surface area contributed by atoms with Gasteiger partial charge in [0, 0.05) is 6.54 Å². The summed E-state index contributed by atoms with van der Waals surface area (Å²) in [5.74, 6) is -0.546. The molecule has 0 radical (unpaired) electrons. The molecule has 1 aromatic carbocycles. The number of hydrogen-bond donors (Lipinski definition) is 0. The van der Waals surface area contributed by atoms with Crippen molar-refractivity contribution in [1.29, 1.82) is 0 Å². The first-order valence-electron chi connectivity index (χ1n) is 9.17. The van der Waals surface area contributed by atoms with E-state index >= 15 is 0 Å². The normalized spacial score (nSPS) is 13.1. The highest BCUT2D eigenvalue weighted by Gasteiger charge is 2.37. The van der Waals surface area contributed by atoms with Crippen LogP contribution >= 0.6 is 11.3 Å². The third-order valence-electron chi connectivity index (χ3n) is 4.54. The Bertz CT molecular complexity index is 1030. The number of hydrogen-bond acceptors (Lipinski definition) is 7. The van der Waals surface area contributed by atoms with E-state index in [1.165, 1.54) is 16.2 Å². The van der Waals surface area contributed by atoms with E-state index in [1.807, 2.05) is 24.4 Å². The first-order chi connectivity index (χ1) is 14.1.